The molecule has 5 heteroatoms. The number of aromatic nitrogens is 2. The molecule has 0 radical (unpaired) electrons. The summed E-state index contributed by atoms with van der Waals surface area (Å²) in [5, 5.41) is 1.37. The first-order valence-corrected chi connectivity index (χ1v) is 9.86. The minimum Gasteiger partial charge on any atom is -0.381 e. The Morgan fingerprint density at radius 1 is 1.12 bits per heavy atom. The van der Waals surface area contributed by atoms with Gasteiger partial charge in [0.25, 0.3) is 5.56 Å². The Labute approximate surface area is 157 Å². The van der Waals surface area contributed by atoms with Gasteiger partial charge in [-0.2, -0.15) is 4.98 Å². The zero-order chi connectivity index (χ0) is 18.5. The number of aryl methyl sites for hydroxylation is 3. The normalized spacial score (nSPS) is 11.2. The highest BCUT2D eigenvalue weighted by atomic mass is 32.1. The number of rotatable bonds is 7. The standard InChI is InChI=1S/C21H24N2O2S/c1-4-10-25-11-6-8-16-7-5-9-18(22-16)21-23-20(24)17-13-14(2)12-15(3)19(17)26-21/h5,7,9,12-13H,4,6,8,10-11H2,1-3H3. The largest absolute Gasteiger partial charge is 0.381 e. The van der Waals surface area contributed by atoms with Gasteiger partial charge < -0.3 is 4.74 Å². The lowest BCUT2D eigenvalue weighted by Gasteiger charge is -2.07. The molecule has 0 aliphatic carbocycles. The first-order valence-electron chi connectivity index (χ1n) is 9.04. The van der Waals surface area contributed by atoms with Crippen molar-refractivity contribution >= 4 is 21.4 Å². The van der Waals surface area contributed by atoms with Crippen LogP contribution >= 0.6 is 11.3 Å². The second-order valence-corrected chi connectivity index (χ2v) is 7.51. The highest BCUT2D eigenvalue weighted by Gasteiger charge is 2.11. The van der Waals surface area contributed by atoms with Gasteiger partial charge in [0.2, 0.25) is 0 Å². The third kappa shape index (κ3) is 4.34. The summed E-state index contributed by atoms with van der Waals surface area (Å²) in [6.07, 6.45) is 2.84. The minimum atomic E-state index is -0.180. The van der Waals surface area contributed by atoms with Crippen LogP contribution in [-0.2, 0) is 11.2 Å². The van der Waals surface area contributed by atoms with E-state index in [1.165, 1.54) is 11.3 Å². The second kappa shape index (κ2) is 8.52. The van der Waals surface area contributed by atoms with Gasteiger partial charge in [0.1, 0.15) is 5.01 Å². The highest BCUT2D eigenvalue weighted by Crippen LogP contribution is 2.28. The molecule has 2 aromatic heterocycles. The smallest absolute Gasteiger partial charge is 0.279 e. The molecule has 0 fully saturated rings. The zero-order valence-electron chi connectivity index (χ0n) is 15.5. The summed E-state index contributed by atoms with van der Waals surface area (Å²) >= 11 is 1.53. The van der Waals surface area contributed by atoms with Crippen LogP contribution in [0.2, 0.25) is 0 Å². The number of benzene rings is 1. The van der Waals surface area contributed by atoms with Crippen LogP contribution in [-0.4, -0.2) is 23.2 Å². The molecule has 4 nitrogen and oxygen atoms in total. The van der Waals surface area contributed by atoms with Gasteiger partial charge in [0.05, 0.1) is 11.1 Å². The van der Waals surface area contributed by atoms with Gasteiger partial charge in [-0.25, -0.2) is 0 Å². The van der Waals surface area contributed by atoms with Crippen LogP contribution in [0.25, 0.3) is 20.8 Å². The fraction of sp³-hybridized carbons (Fsp3) is 0.381. The zero-order valence-corrected chi connectivity index (χ0v) is 16.4. The topological polar surface area (TPSA) is 52.1 Å². The van der Waals surface area contributed by atoms with Crippen molar-refractivity contribution < 1.29 is 4.74 Å². The van der Waals surface area contributed by atoms with Crippen LogP contribution < -0.4 is 5.56 Å². The lowest BCUT2D eigenvalue weighted by atomic mass is 10.1. The van der Waals surface area contributed by atoms with Gasteiger partial charge in [-0.3, -0.25) is 9.78 Å². The summed E-state index contributed by atoms with van der Waals surface area (Å²) in [7, 11) is 0. The first kappa shape index (κ1) is 18.7. The molecule has 0 aliphatic rings. The molecular formula is C21H24N2O2S. The van der Waals surface area contributed by atoms with Crippen molar-refractivity contribution in [3.63, 3.8) is 0 Å². The van der Waals surface area contributed by atoms with Crippen molar-refractivity contribution in [2.75, 3.05) is 13.2 Å². The minimum absolute atomic E-state index is 0.180. The Kier molecular flexibility index (Phi) is 6.12. The maximum atomic E-state index is 12.5. The third-order valence-electron chi connectivity index (χ3n) is 4.15. The maximum absolute atomic E-state index is 12.5. The first-order chi connectivity index (χ1) is 12.6. The summed E-state index contributed by atoms with van der Waals surface area (Å²) in [5.74, 6) is 0. The summed E-state index contributed by atoms with van der Waals surface area (Å²) in [5.41, 5.74) is 3.78. The molecule has 0 saturated heterocycles. The van der Waals surface area contributed by atoms with E-state index in [4.69, 9.17) is 9.72 Å². The Hall–Kier alpha value is -2.11. The van der Waals surface area contributed by atoms with Crippen molar-refractivity contribution in [1.82, 2.24) is 9.97 Å². The van der Waals surface area contributed by atoms with Crippen molar-refractivity contribution in [3.8, 4) is 10.7 Å². The van der Waals surface area contributed by atoms with Crippen molar-refractivity contribution in [1.29, 1.82) is 0 Å². The van der Waals surface area contributed by atoms with E-state index in [0.29, 0.717) is 10.4 Å². The molecule has 0 N–H and O–H groups in total. The monoisotopic (exact) mass is 368 g/mol. The quantitative estimate of drug-likeness (QED) is 0.568. The van der Waals surface area contributed by atoms with E-state index in [9.17, 15) is 4.79 Å². The highest BCUT2D eigenvalue weighted by molar-refractivity contribution is 7.21. The Morgan fingerprint density at radius 3 is 2.77 bits per heavy atom. The van der Waals surface area contributed by atoms with E-state index >= 15 is 0 Å². The van der Waals surface area contributed by atoms with E-state index in [0.717, 1.165) is 59.7 Å². The van der Waals surface area contributed by atoms with Crippen molar-refractivity contribution in [2.45, 2.75) is 40.0 Å². The van der Waals surface area contributed by atoms with Crippen LogP contribution in [0.1, 0.15) is 36.6 Å². The Balaban J connectivity index is 1.87. The maximum Gasteiger partial charge on any atom is 0.279 e. The van der Waals surface area contributed by atoms with Gasteiger partial charge in [0, 0.05) is 23.6 Å². The summed E-state index contributed by atoms with van der Waals surface area (Å²) in [6.45, 7) is 7.70. The second-order valence-electron chi connectivity index (χ2n) is 6.51. The van der Waals surface area contributed by atoms with Gasteiger partial charge in [-0.05, 0) is 62.4 Å². The number of hydrogen-bond acceptors (Lipinski definition) is 5. The molecule has 0 atom stereocenters. The molecule has 136 valence electrons. The lowest BCUT2D eigenvalue weighted by molar-refractivity contribution is 0.132. The summed E-state index contributed by atoms with van der Waals surface area (Å²) < 4.78 is 6.52. The van der Waals surface area contributed by atoms with E-state index in [2.05, 4.69) is 18.0 Å². The molecule has 0 aliphatic heterocycles. The molecule has 2 heterocycles. The van der Waals surface area contributed by atoms with Crippen LogP contribution in [0, 0.1) is 13.8 Å². The van der Waals surface area contributed by atoms with Crippen LogP contribution in [0.5, 0.6) is 0 Å². The molecular weight excluding hydrogens is 344 g/mol. The van der Waals surface area contributed by atoms with Gasteiger partial charge in [-0.15, -0.1) is 11.3 Å². The molecule has 0 unspecified atom stereocenters. The molecule has 0 spiro atoms. The molecule has 0 bridgehead atoms. The van der Waals surface area contributed by atoms with Crippen molar-refractivity contribution in [2.24, 2.45) is 0 Å². The fourth-order valence-electron chi connectivity index (χ4n) is 2.97. The average molecular weight is 369 g/mol. The predicted octanol–water partition coefficient (Wildman–Crippen LogP) is 4.69. The van der Waals surface area contributed by atoms with Gasteiger partial charge >= 0.3 is 0 Å². The van der Waals surface area contributed by atoms with Gasteiger partial charge in [-0.1, -0.05) is 19.1 Å². The fourth-order valence-corrected chi connectivity index (χ4v) is 3.99. The lowest BCUT2D eigenvalue weighted by Crippen LogP contribution is -2.07. The number of pyridine rings is 1. The predicted molar refractivity (Wildman–Crippen MR) is 108 cm³/mol. The molecule has 0 amide bonds. The molecule has 3 aromatic rings. The van der Waals surface area contributed by atoms with E-state index in [1.807, 2.05) is 38.1 Å². The van der Waals surface area contributed by atoms with Gasteiger partial charge in [0.15, 0.2) is 0 Å². The Morgan fingerprint density at radius 2 is 1.96 bits per heavy atom. The molecule has 1 aromatic carbocycles. The average Bonchev–Trinajstić information content (AvgIpc) is 2.62. The molecule has 3 rings (SSSR count). The number of fused-ring (bicyclic) bond motifs is 1. The van der Waals surface area contributed by atoms with E-state index in [-0.39, 0.29) is 5.56 Å². The number of hydrogen-bond donors (Lipinski definition) is 0. The number of nitrogens with zero attached hydrogens (tertiary/aromatic N) is 2. The molecule has 0 saturated carbocycles. The van der Waals surface area contributed by atoms with Crippen LogP contribution in [0.4, 0.5) is 0 Å². The van der Waals surface area contributed by atoms with Crippen molar-refractivity contribution in [3.05, 3.63) is 57.5 Å². The summed E-state index contributed by atoms with van der Waals surface area (Å²) in [6, 6.07) is 9.93. The number of ether oxygens (including phenoxy) is 1. The van der Waals surface area contributed by atoms with Crippen LogP contribution in [0.3, 0.4) is 0 Å². The molecule has 26 heavy (non-hydrogen) atoms. The van der Waals surface area contributed by atoms with Crippen LogP contribution in [0.15, 0.2) is 35.1 Å². The van der Waals surface area contributed by atoms with E-state index in [1.54, 1.807) is 0 Å². The van der Waals surface area contributed by atoms with E-state index < -0.39 is 0 Å². The SMILES string of the molecule is CCCOCCCc1cccc(-c2nc(=O)c3cc(C)cc(C)c3s2)n1. The summed E-state index contributed by atoms with van der Waals surface area (Å²) in [4.78, 5) is 21.5. The third-order valence-corrected chi connectivity index (χ3v) is 5.39. The Bertz CT molecular complexity index is 966.